The summed E-state index contributed by atoms with van der Waals surface area (Å²) in [6.45, 7) is 0.389. The Morgan fingerprint density at radius 3 is 2.89 bits per heavy atom. The fourth-order valence-corrected chi connectivity index (χ4v) is 2.30. The lowest BCUT2D eigenvalue weighted by atomic mass is 9.93. The van der Waals surface area contributed by atoms with Crippen molar-refractivity contribution in [3.05, 3.63) is 39.9 Å². The van der Waals surface area contributed by atoms with E-state index in [0.29, 0.717) is 6.61 Å². The minimum absolute atomic E-state index is 0.0815. The zero-order chi connectivity index (χ0) is 13.0. The third kappa shape index (κ3) is 3.27. The molecule has 2 unspecified atom stereocenters. The Morgan fingerprint density at radius 2 is 2.17 bits per heavy atom. The average Bonchev–Trinajstić information content (AvgIpc) is 2.38. The lowest BCUT2D eigenvalue weighted by Gasteiger charge is -2.28. The number of nitro benzene ring substituents is 1. The van der Waals surface area contributed by atoms with Crippen molar-refractivity contribution in [2.45, 2.75) is 44.4 Å². The molecule has 1 saturated carbocycles. The third-order valence-electron chi connectivity index (χ3n) is 3.34. The maximum Gasteiger partial charge on any atom is 0.269 e. The van der Waals surface area contributed by atoms with Gasteiger partial charge in [-0.25, -0.2) is 0 Å². The largest absolute Gasteiger partial charge is 0.372 e. The Kier molecular flexibility index (Phi) is 4.28. The molecule has 0 radical (unpaired) electrons. The molecular weight excluding hydrogens is 232 g/mol. The van der Waals surface area contributed by atoms with Crippen molar-refractivity contribution in [1.29, 1.82) is 0 Å². The summed E-state index contributed by atoms with van der Waals surface area (Å²) in [6, 6.07) is 6.64. The molecule has 1 fully saturated rings. The lowest BCUT2D eigenvalue weighted by Crippen LogP contribution is -2.39. The molecule has 2 atom stereocenters. The Labute approximate surface area is 106 Å². The molecule has 0 amide bonds. The smallest absolute Gasteiger partial charge is 0.269 e. The first-order valence-corrected chi connectivity index (χ1v) is 6.27. The number of nitro groups is 1. The van der Waals surface area contributed by atoms with E-state index in [2.05, 4.69) is 0 Å². The van der Waals surface area contributed by atoms with Gasteiger partial charge in [0.05, 0.1) is 17.6 Å². The van der Waals surface area contributed by atoms with Crippen LogP contribution in [0.25, 0.3) is 0 Å². The first kappa shape index (κ1) is 13.0. The molecule has 1 aliphatic rings. The predicted octanol–water partition coefficient (Wildman–Crippen LogP) is 2.38. The van der Waals surface area contributed by atoms with Crippen LogP contribution in [0.1, 0.15) is 31.2 Å². The van der Waals surface area contributed by atoms with E-state index < -0.39 is 4.92 Å². The van der Waals surface area contributed by atoms with E-state index in [1.54, 1.807) is 12.1 Å². The van der Waals surface area contributed by atoms with Crippen LogP contribution < -0.4 is 5.73 Å². The Bertz CT molecular complexity index is 422. The van der Waals surface area contributed by atoms with Crippen LogP contribution in [0.2, 0.25) is 0 Å². The van der Waals surface area contributed by atoms with Gasteiger partial charge in [-0.05, 0) is 18.4 Å². The van der Waals surface area contributed by atoms with Crippen LogP contribution in [0.4, 0.5) is 5.69 Å². The molecule has 0 bridgehead atoms. The summed E-state index contributed by atoms with van der Waals surface area (Å²) in [5.74, 6) is 0. The summed E-state index contributed by atoms with van der Waals surface area (Å²) in [4.78, 5) is 10.3. The number of benzene rings is 1. The molecule has 0 saturated heterocycles. The van der Waals surface area contributed by atoms with Gasteiger partial charge in [-0.3, -0.25) is 10.1 Å². The van der Waals surface area contributed by atoms with Crippen molar-refractivity contribution in [1.82, 2.24) is 0 Å². The van der Waals surface area contributed by atoms with Crippen molar-refractivity contribution in [3.8, 4) is 0 Å². The standard InChI is InChI=1S/C13H18N2O3/c14-12-6-1-2-7-13(12)18-9-10-4-3-5-11(8-10)15(16)17/h3-5,8,12-13H,1-2,6-7,9,14H2. The summed E-state index contributed by atoms with van der Waals surface area (Å²) in [5.41, 5.74) is 6.91. The highest BCUT2D eigenvalue weighted by molar-refractivity contribution is 5.33. The van der Waals surface area contributed by atoms with Gasteiger partial charge < -0.3 is 10.5 Å². The topological polar surface area (TPSA) is 78.4 Å². The maximum absolute atomic E-state index is 10.7. The second-order valence-corrected chi connectivity index (χ2v) is 4.72. The fraction of sp³-hybridized carbons (Fsp3) is 0.538. The number of rotatable bonds is 4. The SMILES string of the molecule is NC1CCCCC1OCc1cccc([N+](=O)[O-])c1. The summed E-state index contributed by atoms with van der Waals surface area (Å²) in [7, 11) is 0. The van der Waals surface area contributed by atoms with Crippen molar-refractivity contribution in [2.24, 2.45) is 5.73 Å². The second-order valence-electron chi connectivity index (χ2n) is 4.72. The molecule has 0 aromatic heterocycles. The predicted molar refractivity (Wildman–Crippen MR) is 68.1 cm³/mol. The summed E-state index contributed by atoms with van der Waals surface area (Å²) >= 11 is 0. The van der Waals surface area contributed by atoms with Crippen molar-refractivity contribution in [2.75, 3.05) is 0 Å². The molecule has 2 rings (SSSR count). The van der Waals surface area contributed by atoms with E-state index in [9.17, 15) is 10.1 Å². The van der Waals surface area contributed by atoms with E-state index in [0.717, 1.165) is 31.2 Å². The zero-order valence-electron chi connectivity index (χ0n) is 10.2. The molecule has 1 aromatic rings. The molecule has 5 nitrogen and oxygen atoms in total. The van der Waals surface area contributed by atoms with E-state index in [1.807, 2.05) is 6.07 Å². The highest BCUT2D eigenvalue weighted by Crippen LogP contribution is 2.21. The van der Waals surface area contributed by atoms with Gasteiger partial charge in [0.15, 0.2) is 0 Å². The molecular formula is C13H18N2O3. The Hall–Kier alpha value is -1.46. The number of hydrogen-bond acceptors (Lipinski definition) is 4. The van der Waals surface area contributed by atoms with Gasteiger partial charge in [0.2, 0.25) is 0 Å². The average molecular weight is 250 g/mol. The first-order chi connectivity index (χ1) is 8.66. The Morgan fingerprint density at radius 1 is 1.39 bits per heavy atom. The lowest BCUT2D eigenvalue weighted by molar-refractivity contribution is -0.385. The third-order valence-corrected chi connectivity index (χ3v) is 3.34. The van der Waals surface area contributed by atoms with Gasteiger partial charge in [0, 0.05) is 18.2 Å². The van der Waals surface area contributed by atoms with E-state index in [1.165, 1.54) is 6.07 Å². The van der Waals surface area contributed by atoms with E-state index in [-0.39, 0.29) is 17.8 Å². The Balaban J connectivity index is 1.93. The summed E-state index contributed by atoms with van der Waals surface area (Å²) < 4.78 is 5.77. The molecule has 0 spiro atoms. The number of nitrogens with two attached hydrogens (primary N) is 1. The fourth-order valence-electron chi connectivity index (χ4n) is 2.30. The highest BCUT2D eigenvalue weighted by Gasteiger charge is 2.22. The minimum Gasteiger partial charge on any atom is -0.372 e. The molecule has 0 heterocycles. The van der Waals surface area contributed by atoms with Crippen LogP contribution >= 0.6 is 0 Å². The van der Waals surface area contributed by atoms with Crippen LogP contribution in [-0.2, 0) is 11.3 Å². The number of ether oxygens (including phenoxy) is 1. The maximum atomic E-state index is 10.7. The normalized spacial score (nSPS) is 23.8. The van der Waals surface area contributed by atoms with Gasteiger partial charge >= 0.3 is 0 Å². The van der Waals surface area contributed by atoms with Gasteiger partial charge in [-0.1, -0.05) is 25.0 Å². The number of hydrogen-bond donors (Lipinski definition) is 1. The van der Waals surface area contributed by atoms with Crippen molar-refractivity contribution < 1.29 is 9.66 Å². The zero-order valence-corrected chi connectivity index (χ0v) is 10.2. The molecule has 1 aromatic carbocycles. The highest BCUT2D eigenvalue weighted by atomic mass is 16.6. The summed E-state index contributed by atoms with van der Waals surface area (Å²) in [5, 5.41) is 10.7. The minimum atomic E-state index is -0.393. The molecule has 5 heteroatoms. The molecule has 1 aliphatic carbocycles. The monoisotopic (exact) mass is 250 g/mol. The van der Waals surface area contributed by atoms with Crippen molar-refractivity contribution in [3.63, 3.8) is 0 Å². The molecule has 18 heavy (non-hydrogen) atoms. The van der Waals surface area contributed by atoms with E-state index in [4.69, 9.17) is 10.5 Å². The van der Waals surface area contributed by atoms with Crippen LogP contribution in [0.3, 0.4) is 0 Å². The number of nitrogens with zero attached hydrogens (tertiary/aromatic N) is 1. The number of non-ortho nitro benzene ring substituents is 1. The van der Waals surface area contributed by atoms with Crippen molar-refractivity contribution >= 4 is 5.69 Å². The van der Waals surface area contributed by atoms with Gasteiger partial charge in [-0.15, -0.1) is 0 Å². The molecule has 2 N–H and O–H groups in total. The van der Waals surface area contributed by atoms with Crippen LogP contribution in [-0.4, -0.2) is 17.1 Å². The first-order valence-electron chi connectivity index (χ1n) is 6.27. The molecule has 0 aliphatic heterocycles. The van der Waals surface area contributed by atoms with Gasteiger partial charge in [0.25, 0.3) is 5.69 Å². The van der Waals surface area contributed by atoms with Crippen LogP contribution in [0.5, 0.6) is 0 Å². The van der Waals surface area contributed by atoms with Gasteiger partial charge in [-0.2, -0.15) is 0 Å². The van der Waals surface area contributed by atoms with E-state index >= 15 is 0 Å². The quantitative estimate of drug-likeness (QED) is 0.657. The van der Waals surface area contributed by atoms with Gasteiger partial charge in [0.1, 0.15) is 0 Å². The molecule has 98 valence electrons. The van der Waals surface area contributed by atoms with Crippen LogP contribution in [0, 0.1) is 10.1 Å². The summed E-state index contributed by atoms with van der Waals surface area (Å²) in [6.07, 6.45) is 4.37. The second kappa shape index (κ2) is 5.93. The van der Waals surface area contributed by atoms with Crippen LogP contribution in [0.15, 0.2) is 24.3 Å².